The lowest BCUT2D eigenvalue weighted by atomic mass is 9.99. The van der Waals surface area contributed by atoms with Crippen molar-refractivity contribution in [2.75, 3.05) is 0 Å². The molecule has 0 aromatic heterocycles. The van der Waals surface area contributed by atoms with E-state index in [0.717, 1.165) is 10.0 Å². The lowest BCUT2D eigenvalue weighted by Crippen LogP contribution is -2.30. The van der Waals surface area contributed by atoms with Crippen molar-refractivity contribution in [2.45, 2.75) is 12.5 Å². The predicted molar refractivity (Wildman–Crippen MR) is 74.3 cm³/mol. The van der Waals surface area contributed by atoms with Gasteiger partial charge < -0.3 is 0 Å². The SMILES string of the molecule is NNC(Cc1c(F)cccc1F)c1ccccc1Br. The second-order valence-corrected chi connectivity index (χ2v) is 5.00. The third-order valence-electron chi connectivity index (χ3n) is 2.95. The highest BCUT2D eigenvalue weighted by Gasteiger charge is 2.18. The summed E-state index contributed by atoms with van der Waals surface area (Å²) in [5.41, 5.74) is 3.48. The number of hydrogen-bond donors (Lipinski definition) is 2. The summed E-state index contributed by atoms with van der Waals surface area (Å²) in [6, 6.07) is 10.9. The summed E-state index contributed by atoms with van der Waals surface area (Å²) < 4.78 is 28.1. The van der Waals surface area contributed by atoms with E-state index in [2.05, 4.69) is 21.4 Å². The molecule has 1 unspecified atom stereocenters. The maximum atomic E-state index is 13.6. The third-order valence-corrected chi connectivity index (χ3v) is 3.67. The zero-order chi connectivity index (χ0) is 13.8. The minimum Gasteiger partial charge on any atom is -0.271 e. The summed E-state index contributed by atoms with van der Waals surface area (Å²) >= 11 is 3.41. The number of hydrogen-bond acceptors (Lipinski definition) is 2. The number of nitrogens with two attached hydrogens (primary N) is 1. The van der Waals surface area contributed by atoms with Crippen LogP contribution in [0, 0.1) is 11.6 Å². The molecule has 0 fully saturated rings. The third kappa shape index (κ3) is 3.18. The summed E-state index contributed by atoms with van der Waals surface area (Å²) in [4.78, 5) is 0. The van der Waals surface area contributed by atoms with Gasteiger partial charge in [-0.2, -0.15) is 0 Å². The van der Waals surface area contributed by atoms with Crippen LogP contribution in [-0.4, -0.2) is 0 Å². The molecule has 19 heavy (non-hydrogen) atoms. The molecule has 3 N–H and O–H groups in total. The van der Waals surface area contributed by atoms with Crippen LogP contribution in [0.3, 0.4) is 0 Å². The van der Waals surface area contributed by atoms with Crippen molar-refractivity contribution in [1.82, 2.24) is 5.43 Å². The molecular formula is C14H13BrF2N2. The molecule has 100 valence electrons. The number of rotatable bonds is 4. The topological polar surface area (TPSA) is 38.0 Å². The average Bonchev–Trinajstić information content (AvgIpc) is 2.40. The zero-order valence-corrected chi connectivity index (χ0v) is 11.6. The van der Waals surface area contributed by atoms with Crippen molar-refractivity contribution < 1.29 is 8.78 Å². The zero-order valence-electron chi connectivity index (χ0n) is 10.0. The average molecular weight is 327 g/mol. The first-order valence-corrected chi connectivity index (χ1v) is 6.56. The Morgan fingerprint density at radius 1 is 1.05 bits per heavy atom. The van der Waals surface area contributed by atoms with E-state index in [1.807, 2.05) is 24.3 Å². The first-order chi connectivity index (χ1) is 9.13. The molecule has 0 radical (unpaired) electrons. The van der Waals surface area contributed by atoms with Gasteiger partial charge in [-0.3, -0.25) is 11.3 Å². The molecule has 1 atom stereocenters. The first-order valence-electron chi connectivity index (χ1n) is 5.77. The fourth-order valence-corrected chi connectivity index (χ4v) is 2.51. The van der Waals surface area contributed by atoms with Crippen molar-refractivity contribution in [3.05, 3.63) is 69.7 Å². The van der Waals surface area contributed by atoms with Crippen LogP contribution >= 0.6 is 15.9 Å². The van der Waals surface area contributed by atoms with E-state index < -0.39 is 11.6 Å². The van der Waals surface area contributed by atoms with E-state index in [-0.39, 0.29) is 18.0 Å². The minimum atomic E-state index is -0.563. The van der Waals surface area contributed by atoms with Gasteiger partial charge in [0.25, 0.3) is 0 Å². The van der Waals surface area contributed by atoms with Crippen LogP contribution in [0.1, 0.15) is 17.2 Å². The summed E-state index contributed by atoms with van der Waals surface area (Å²) in [6.07, 6.45) is 0.137. The maximum absolute atomic E-state index is 13.6. The van der Waals surface area contributed by atoms with E-state index >= 15 is 0 Å². The maximum Gasteiger partial charge on any atom is 0.129 e. The molecule has 0 bridgehead atoms. The van der Waals surface area contributed by atoms with E-state index in [0.29, 0.717) is 0 Å². The number of hydrazine groups is 1. The van der Waals surface area contributed by atoms with Gasteiger partial charge in [0.05, 0.1) is 6.04 Å². The number of benzene rings is 2. The number of nitrogens with one attached hydrogen (secondary N) is 1. The summed E-state index contributed by atoms with van der Waals surface area (Å²) in [7, 11) is 0. The van der Waals surface area contributed by atoms with Gasteiger partial charge in [0.15, 0.2) is 0 Å². The van der Waals surface area contributed by atoms with Gasteiger partial charge in [-0.25, -0.2) is 8.78 Å². The molecule has 2 nitrogen and oxygen atoms in total. The summed E-state index contributed by atoms with van der Waals surface area (Å²) in [6.45, 7) is 0. The quantitative estimate of drug-likeness (QED) is 0.667. The van der Waals surface area contributed by atoms with Gasteiger partial charge in [-0.05, 0) is 30.2 Å². The fourth-order valence-electron chi connectivity index (χ4n) is 1.95. The highest BCUT2D eigenvalue weighted by atomic mass is 79.9. The van der Waals surface area contributed by atoms with E-state index in [9.17, 15) is 8.78 Å². The van der Waals surface area contributed by atoms with Crippen LogP contribution in [0.15, 0.2) is 46.9 Å². The summed E-state index contributed by atoms with van der Waals surface area (Å²) in [5, 5.41) is 0. The Morgan fingerprint density at radius 3 is 2.26 bits per heavy atom. The monoisotopic (exact) mass is 326 g/mol. The first kappa shape index (κ1) is 14.1. The van der Waals surface area contributed by atoms with Gasteiger partial charge in [0, 0.05) is 10.0 Å². The molecule has 5 heteroatoms. The van der Waals surface area contributed by atoms with Gasteiger partial charge in [-0.15, -0.1) is 0 Å². The van der Waals surface area contributed by atoms with Gasteiger partial charge in [0.2, 0.25) is 0 Å². The molecule has 2 aromatic carbocycles. The Morgan fingerprint density at radius 2 is 1.68 bits per heavy atom. The molecule has 2 aromatic rings. The lowest BCUT2D eigenvalue weighted by Gasteiger charge is -2.18. The van der Waals surface area contributed by atoms with Crippen LogP contribution in [0.2, 0.25) is 0 Å². The molecule has 0 spiro atoms. The Bertz CT molecular complexity index is 555. The van der Waals surface area contributed by atoms with Gasteiger partial charge in [0.1, 0.15) is 11.6 Å². The molecular weight excluding hydrogens is 314 g/mol. The molecule has 0 aliphatic carbocycles. The second-order valence-electron chi connectivity index (χ2n) is 4.15. The molecule has 2 rings (SSSR count). The normalized spacial score (nSPS) is 12.4. The van der Waals surface area contributed by atoms with E-state index in [1.54, 1.807) is 0 Å². The lowest BCUT2D eigenvalue weighted by molar-refractivity contribution is 0.499. The van der Waals surface area contributed by atoms with E-state index in [4.69, 9.17) is 5.84 Å². The molecule has 0 amide bonds. The van der Waals surface area contributed by atoms with Crippen molar-refractivity contribution in [1.29, 1.82) is 0 Å². The largest absolute Gasteiger partial charge is 0.271 e. The Balaban J connectivity index is 2.32. The molecule has 0 aliphatic rings. The van der Waals surface area contributed by atoms with Crippen LogP contribution in [0.25, 0.3) is 0 Å². The number of halogens is 3. The van der Waals surface area contributed by atoms with E-state index in [1.165, 1.54) is 18.2 Å². The molecule has 0 saturated heterocycles. The summed E-state index contributed by atoms with van der Waals surface area (Å²) in [5.74, 6) is 4.38. The fraction of sp³-hybridized carbons (Fsp3) is 0.143. The minimum absolute atomic E-state index is 0.0289. The molecule has 0 heterocycles. The van der Waals surface area contributed by atoms with Crippen molar-refractivity contribution >= 4 is 15.9 Å². The highest BCUT2D eigenvalue weighted by molar-refractivity contribution is 9.10. The van der Waals surface area contributed by atoms with Crippen molar-refractivity contribution in [3.8, 4) is 0 Å². The standard InChI is InChI=1S/C14H13BrF2N2/c15-11-5-2-1-4-9(11)14(19-18)8-10-12(16)6-3-7-13(10)17/h1-7,14,19H,8,18H2. The Labute approximate surface area is 118 Å². The van der Waals surface area contributed by atoms with Gasteiger partial charge >= 0.3 is 0 Å². The predicted octanol–water partition coefficient (Wildman–Crippen LogP) is 3.47. The molecule has 0 saturated carbocycles. The van der Waals surface area contributed by atoms with Crippen LogP contribution in [0.5, 0.6) is 0 Å². The van der Waals surface area contributed by atoms with Gasteiger partial charge in [-0.1, -0.05) is 40.2 Å². The van der Waals surface area contributed by atoms with Crippen LogP contribution < -0.4 is 11.3 Å². The highest BCUT2D eigenvalue weighted by Crippen LogP contribution is 2.27. The smallest absolute Gasteiger partial charge is 0.129 e. The van der Waals surface area contributed by atoms with Crippen molar-refractivity contribution in [3.63, 3.8) is 0 Å². The molecule has 0 aliphatic heterocycles. The van der Waals surface area contributed by atoms with Crippen LogP contribution in [-0.2, 0) is 6.42 Å². The Hall–Kier alpha value is -1.30. The van der Waals surface area contributed by atoms with Crippen molar-refractivity contribution in [2.24, 2.45) is 5.84 Å². The van der Waals surface area contributed by atoms with Crippen LogP contribution in [0.4, 0.5) is 8.78 Å². The Kier molecular flexibility index (Phi) is 4.63. The second kappa shape index (κ2) is 6.23.